The summed E-state index contributed by atoms with van der Waals surface area (Å²) in [6.07, 6.45) is -5.61. The lowest BCUT2D eigenvalue weighted by Gasteiger charge is -2.57. The van der Waals surface area contributed by atoms with Gasteiger partial charge in [-0.2, -0.15) is 5.01 Å². The van der Waals surface area contributed by atoms with Gasteiger partial charge in [0.1, 0.15) is 12.2 Å². The molecule has 0 bridgehead atoms. The summed E-state index contributed by atoms with van der Waals surface area (Å²) in [5, 5.41) is 56.7. The van der Waals surface area contributed by atoms with Crippen LogP contribution in [0.4, 0.5) is 4.79 Å². The van der Waals surface area contributed by atoms with Crippen LogP contribution in [0.1, 0.15) is 40.5 Å². The Morgan fingerprint density at radius 2 is 1.86 bits per heavy atom. The number of nitroso groups, excluding NO2 is 1. The van der Waals surface area contributed by atoms with Gasteiger partial charge in [-0.15, -0.1) is 16.5 Å². The van der Waals surface area contributed by atoms with Crippen LogP contribution in [0.15, 0.2) is 5.29 Å². The first kappa shape index (κ1) is 26.0. The maximum Gasteiger partial charge on any atom is 0.345 e. The Labute approximate surface area is 174 Å². The molecule has 0 aromatic rings. The van der Waals surface area contributed by atoms with Gasteiger partial charge < -0.3 is 30.3 Å². The van der Waals surface area contributed by atoms with Crippen molar-refractivity contribution in [3.63, 3.8) is 0 Å². The average Bonchev–Trinajstić information content (AvgIpc) is 2.67. The number of ether oxygens (including phenoxy) is 1. The van der Waals surface area contributed by atoms with E-state index in [-0.39, 0.29) is 31.2 Å². The molecule has 5 N–H and O–H groups in total. The molecule has 0 radical (unpaired) electrons. The molecule has 1 rings (SSSR count). The monoisotopic (exact) mass is 441 g/mol. The van der Waals surface area contributed by atoms with Crippen molar-refractivity contribution in [2.24, 2.45) is 11.2 Å². The second-order valence-corrected chi connectivity index (χ2v) is 8.09. The fraction of sp³-hybridized carbons (Fsp3) is 0.941. The first-order valence-corrected chi connectivity index (χ1v) is 10.1. The third-order valence-corrected chi connectivity index (χ3v) is 5.26. The number of nitrogens with zero attached hydrogens (tertiary/aromatic N) is 3. The number of aliphatic hydroxyl groups is 5. The number of carbonyl (C=O) groups excluding carboxylic acids is 1. The van der Waals surface area contributed by atoms with Gasteiger partial charge in [0.25, 0.3) is 0 Å². The van der Waals surface area contributed by atoms with E-state index in [1.54, 1.807) is 20.8 Å². The summed E-state index contributed by atoms with van der Waals surface area (Å²) in [6.45, 7) is 5.55. The SMILES string of the molecule is CCC(C)N(C(=O)N(CCCl)N=O)[C@]1(O)[C@H](O)[C@@H](CO)O[C@](O)(CC(C)C)[C@@H]1O. The van der Waals surface area contributed by atoms with Gasteiger partial charge in [0, 0.05) is 18.3 Å². The molecule has 0 aliphatic carbocycles. The average molecular weight is 442 g/mol. The maximum absolute atomic E-state index is 13.0. The van der Waals surface area contributed by atoms with Crippen LogP contribution in [0.5, 0.6) is 0 Å². The summed E-state index contributed by atoms with van der Waals surface area (Å²) in [7, 11) is 0. The predicted molar refractivity (Wildman–Crippen MR) is 104 cm³/mol. The fourth-order valence-electron chi connectivity index (χ4n) is 3.57. The molecule has 170 valence electrons. The minimum Gasteiger partial charge on any atom is -0.394 e. The number of amides is 2. The summed E-state index contributed by atoms with van der Waals surface area (Å²) in [6, 6.07) is -1.93. The molecule has 1 aliphatic rings. The number of hydrogen-bond donors (Lipinski definition) is 5. The summed E-state index contributed by atoms with van der Waals surface area (Å²) in [5.74, 6) is -2.73. The maximum atomic E-state index is 13.0. The second kappa shape index (κ2) is 10.3. The van der Waals surface area contributed by atoms with Crippen LogP contribution in [0, 0.1) is 10.8 Å². The highest BCUT2D eigenvalue weighted by Crippen LogP contribution is 2.42. The van der Waals surface area contributed by atoms with Gasteiger partial charge in [0.05, 0.1) is 18.4 Å². The molecule has 1 saturated heterocycles. The highest BCUT2D eigenvalue weighted by atomic mass is 35.5. The first-order chi connectivity index (χ1) is 13.4. The van der Waals surface area contributed by atoms with Gasteiger partial charge in [0.2, 0.25) is 5.72 Å². The quantitative estimate of drug-likeness (QED) is 0.144. The molecule has 2 amide bonds. The van der Waals surface area contributed by atoms with Gasteiger partial charge in [-0.05, 0) is 19.3 Å². The third kappa shape index (κ3) is 4.98. The number of alkyl halides is 1. The van der Waals surface area contributed by atoms with Crippen molar-refractivity contribution in [3.05, 3.63) is 4.91 Å². The standard InChI is InChI=1S/C17H32ClN3O8/c1-5-11(4)21(15(25)20(19-28)7-6-18)17(27)13(23)12(9-22)29-16(26,14(17)24)8-10(2)3/h10-14,22-24,26-27H,5-9H2,1-4H3/t11?,12-,13-,14+,16-,17+/m1/s1. The molecule has 1 heterocycles. The molecular weight excluding hydrogens is 410 g/mol. The number of hydrogen-bond acceptors (Lipinski definition) is 9. The van der Waals surface area contributed by atoms with Crippen molar-refractivity contribution >= 4 is 17.6 Å². The Hall–Kier alpha value is -1.08. The van der Waals surface area contributed by atoms with E-state index in [0.29, 0.717) is 9.91 Å². The molecule has 0 aromatic heterocycles. The third-order valence-electron chi connectivity index (χ3n) is 5.09. The fourth-order valence-corrected chi connectivity index (χ4v) is 3.73. The Kier molecular flexibility index (Phi) is 9.21. The van der Waals surface area contributed by atoms with Crippen LogP contribution in [0.25, 0.3) is 0 Å². The van der Waals surface area contributed by atoms with E-state index < -0.39 is 48.5 Å². The smallest absolute Gasteiger partial charge is 0.345 e. The number of urea groups is 1. The topological polar surface area (TPSA) is 163 Å². The number of aliphatic hydroxyl groups excluding tert-OH is 3. The minimum atomic E-state index is -2.79. The van der Waals surface area contributed by atoms with E-state index in [4.69, 9.17) is 16.3 Å². The lowest BCUT2D eigenvalue weighted by Crippen LogP contribution is -2.79. The Balaban J connectivity index is 3.58. The van der Waals surface area contributed by atoms with Crippen LogP contribution in [0.3, 0.4) is 0 Å². The van der Waals surface area contributed by atoms with Gasteiger partial charge in [-0.25, -0.2) is 4.79 Å². The van der Waals surface area contributed by atoms with Gasteiger partial charge >= 0.3 is 6.03 Å². The molecule has 11 nitrogen and oxygen atoms in total. The Morgan fingerprint density at radius 1 is 1.28 bits per heavy atom. The summed E-state index contributed by atoms with van der Waals surface area (Å²) in [4.78, 5) is 24.9. The lowest BCUT2D eigenvalue weighted by molar-refractivity contribution is -0.402. The second-order valence-electron chi connectivity index (χ2n) is 7.72. The number of carbonyl (C=O) groups is 1. The van der Waals surface area contributed by atoms with Crippen molar-refractivity contribution < 1.29 is 35.1 Å². The van der Waals surface area contributed by atoms with Crippen molar-refractivity contribution in [3.8, 4) is 0 Å². The Bertz CT molecular complexity index is 571. The van der Waals surface area contributed by atoms with E-state index >= 15 is 0 Å². The zero-order valence-corrected chi connectivity index (χ0v) is 17.9. The normalized spacial score (nSPS) is 33.4. The molecule has 0 saturated carbocycles. The molecule has 1 fully saturated rings. The van der Waals surface area contributed by atoms with Crippen LogP contribution in [-0.4, -0.2) is 96.4 Å². The van der Waals surface area contributed by atoms with Crippen LogP contribution in [0.2, 0.25) is 0 Å². The molecular formula is C17H32ClN3O8. The highest BCUT2D eigenvalue weighted by molar-refractivity contribution is 6.18. The highest BCUT2D eigenvalue weighted by Gasteiger charge is 2.66. The molecule has 12 heteroatoms. The summed E-state index contributed by atoms with van der Waals surface area (Å²) < 4.78 is 5.32. The van der Waals surface area contributed by atoms with E-state index in [2.05, 4.69) is 5.29 Å². The zero-order chi connectivity index (χ0) is 22.6. The van der Waals surface area contributed by atoms with E-state index in [9.17, 15) is 35.2 Å². The summed E-state index contributed by atoms with van der Waals surface area (Å²) in [5.41, 5.74) is -2.79. The van der Waals surface area contributed by atoms with Crippen LogP contribution < -0.4 is 0 Å². The van der Waals surface area contributed by atoms with Gasteiger partial charge in [-0.1, -0.05) is 20.8 Å². The molecule has 1 aliphatic heterocycles. The predicted octanol–water partition coefficient (Wildman–Crippen LogP) is -0.0347. The number of halogens is 1. The van der Waals surface area contributed by atoms with Crippen molar-refractivity contribution in [2.45, 2.75) is 76.4 Å². The molecule has 29 heavy (non-hydrogen) atoms. The Morgan fingerprint density at radius 3 is 2.28 bits per heavy atom. The van der Waals surface area contributed by atoms with Crippen molar-refractivity contribution in [2.75, 3.05) is 19.0 Å². The minimum absolute atomic E-state index is 0.130. The van der Waals surface area contributed by atoms with E-state index in [0.717, 1.165) is 0 Å². The van der Waals surface area contributed by atoms with Crippen molar-refractivity contribution in [1.29, 1.82) is 0 Å². The molecule has 0 aromatic carbocycles. The van der Waals surface area contributed by atoms with Gasteiger partial charge in [0.15, 0.2) is 11.9 Å². The largest absolute Gasteiger partial charge is 0.394 e. The van der Waals surface area contributed by atoms with E-state index in [1.165, 1.54) is 6.92 Å². The number of rotatable bonds is 9. The van der Waals surface area contributed by atoms with Crippen molar-refractivity contribution in [1.82, 2.24) is 9.91 Å². The molecule has 1 unspecified atom stereocenters. The summed E-state index contributed by atoms with van der Waals surface area (Å²) >= 11 is 5.60. The molecule has 6 atom stereocenters. The van der Waals surface area contributed by atoms with E-state index in [1.807, 2.05) is 0 Å². The lowest BCUT2D eigenvalue weighted by atomic mass is 9.81. The van der Waals surface area contributed by atoms with Gasteiger partial charge in [-0.3, -0.25) is 4.90 Å². The first-order valence-electron chi connectivity index (χ1n) is 9.54. The van der Waals surface area contributed by atoms with Crippen LogP contribution >= 0.6 is 11.6 Å². The van der Waals surface area contributed by atoms with Crippen LogP contribution in [-0.2, 0) is 4.74 Å². The molecule has 0 spiro atoms. The zero-order valence-electron chi connectivity index (χ0n) is 17.1.